The van der Waals surface area contributed by atoms with Crippen molar-refractivity contribution in [3.05, 3.63) is 12.2 Å². The van der Waals surface area contributed by atoms with E-state index in [1.54, 1.807) is 0 Å². The van der Waals surface area contributed by atoms with E-state index in [0.717, 1.165) is 19.3 Å². The first-order valence-corrected chi connectivity index (χ1v) is 33.3. The van der Waals surface area contributed by atoms with Gasteiger partial charge in [0.1, 0.15) is 13.2 Å². The molecule has 1 unspecified atom stereocenters. The molecule has 0 bridgehead atoms. The van der Waals surface area contributed by atoms with Crippen LogP contribution in [0.3, 0.4) is 0 Å². The fraction of sp³-hybridized carbons (Fsp3) is 0.940. The number of carbonyl (C=O) groups is 2. The van der Waals surface area contributed by atoms with Gasteiger partial charge >= 0.3 is 11.9 Å². The number of ether oxygens (including phenoxy) is 2. The zero-order valence-electron chi connectivity index (χ0n) is 49.2. The molecule has 1 heterocycles. The molecule has 432 valence electrons. The second-order valence-corrected chi connectivity index (χ2v) is 23.9. The van der Waals surface area contributed by atoms with Gasteiger partial charge in [0.25, 0.3) is 0 Å². The lowest BCUT2D eigenvalue weighted by molar-refractivity contribution is -0.155. The Labute approximate surface area is 455 Å². The number of unbranched alkanes of at least 4 members (excludes halogenated alkanes) is 52. The Kier molecular flexibility index (Phi) is 54.2. The summed E-state index contributed by atoms with van der Waals surface area (Å²) in [6.45, 7) is 1.21. The van der Waals surface area contributed by atoms with Gasteiger partial charge < -0.3 is 19.7 Å². The standard InChI is InChI=1S/C67H128O6/c1-2-3-4-5-6-7-8-9-10-11-12-13-14-15-16-17-18-19-20-21-22-23-24-25-26-27-28-29-30-31-32-33-34-35-36-37-38-39-40-41-42-43-44-45-46-47-48-49-50-51-52-53-54-55-56-57-58-64-59-65(70)72-62-67(60-68,61-69)63-73-66(64)71/h27-28,64,68-69H,2-26,29-63H2,1H3/b28-27+. The summed E-state index contributed by atoms with van der Waals surface area (Å²) in [5.41, 5.74) is -1.12. The minimum absolute atomic E-state index is 0.00469. The Bertz CT molecular complexity index is 1150. The fourth-order valence-electron chi connectivity index (χ4n) is 11.1. The first-order valence-electron chi connectivity index (χ1n) is 33.3. The molecule has 6 heteroatoms. The van der Waals surface area contributed by atoms with E-state index >= 15 is 0 Å². The topological polar surface area (TPSA) is 93.1 Å². The molecular weight excluding hydrogens is 901 g/mol. The molecule has 1 aliphatic rings. The lowest BCUT2D eigenvalue weighted by atomic mass is 9.92. The zero-order chi connectivity index (χ0) is 52.5. The average molecular weight is 1030 g/mol. The molecule has 1 atom stereocenters. The zero-order valence-corrected chi connectivity index (χ0v) is 49.2. The maximum Gasteiger partial charge on any atom is 0.309 e. The van der Waals surface area contributed by atoms with Crippen molar-refractivity contribution in [2.24, 2.45) is 11.3 Å². The van der Waals surface area contributed by atoms with Crippen LogP contribution in [0.1, 0.15) is 366 Å². The molecule has 1 saturated heterocycles. The highest BCUT2D eigenvalue weighted by atomic mass is 16.6. The van der Waals surface area contributed by atoms with Crippen LogP contribution in [0.15, 0.2) is 12.2 Å². The molecule has 0 aliphatic carbocycles. The molecule has 0 aromatic carbocycles. The maximum absolute atomic E-state index is 12.5. The highest BCUT2D eigenvalue weighted by Gasteiger charge is 2.36. The van der Waals surface area contributed by atoms with Gasteiger partial charge in [-0.05, 0) is 32.1 Å². The molecule has 73 heavy (non-hydrogen) atoms. The van der Waals surface area contributed by atoms with Gasteiger partial charge in [0.05, 0.1) is 31.0 Å². The van der Waals surface area contributed by atoms with E-state index in [4.69, 9.17) is 9.47 Å². The SMILES string of the molecule is CCCCCCCCCCCCCCCCCCCCCCCCCC/C=C/CCCCCCCCCCCCCCCCCCCCCCCCCCCCCCC1CC(=O)OCC(CO)(CO)COC1=O. The second-order valence-electron chi connectivity index (χ2n) is 23.9. The molecule has 0 radical (unpaired) electrons. The Morgan fingerprint density at radius 3 is 0.849 bits per heavy atom. The van der Waals surface area contributed by atoms with E-state index < -0.39 is 36.5 Å². The van der Waals surface area contributed by atoms with Crippen LogP contribution in [0.2, 0.25) is 0 Å². The van der Waals surface area contributed by atoms with Crippen LogP contribution >= 0.6 is 0 Å². The molecule has 6 nitrogen and oxygen atoms in total. The van der Waals surface area contributed by atoms with Gasteiger partial charge in [-0.25, -0.2) is 0 Å². The number of hydrogen-bond acceptors (Lipinski definition) is 6. The van der Waals surface area contributed by atoms with Crippen LogP contribution in [-0.4, -0.2) is 48.6 Å². The van der Waals surface area contributed by atoms with Gasteiger partial charge in [0, 0.05) is 0 Å². The molecule has 1 fully saturated rings. The van der Waals surface area contributed by atoms with Gasteiger partial charge in [-0.3, -0.25) is 9.59 Å². The van der Waals surface area contributed by atoms with Gasteiger partial charge in [-0.15, -0.1) is 0 Å². The van der Waals surface area contributed by atoms with Gasteiger partial charge in [-0.2, -0.15) is 0 Å². The van der Waals surface area contributed by atoms with Gasteiger partial charge in [0.15, 0.2) is 0 Å². The van der Waals surface area contributed by atoms with E-state index in [-0.39, 0.29) is 19.6 Å². The first-order chi connectivity index (χ1) is 36.1. The van der Waals surface area contributed by atoms with E-state index in [0.29, 0.717) is 6.42 Å². The van der Waals surface area contributed by atoms with Crippen LogP contribution in [0.25, 0.3) is 0 Å². The van der Waals surface area contributed by atoms with E-state index in [2.05, 4.69) is 19.1 Å². The molecule has 2 N–H and O–H groups in total. The normalized spacial score (nSPS) is 15.2. The van der Waals surface area contributed by atoms with Crippen LogP contribution in [-0.2, 0) is 19.1 Å². The Balaban J connectivity index is 1.68. The predicted molar refractivity (Wildman–Crippen MR) is 315 cm³/mol. The quantitative estimate of drug-likeness (QED) is 0.0358. The van der Waals surface area contributed by atoms with Crippen molar-refractivity contribution in [3.63, 3.8) is 0 Å². The number of allylic oxidation sites excluding steroid dienone is 2. The van der Waals surface area contributed by atoms with Crippen molar-refractivity contribution in [1.29, 1.82) is 0 Å². The molecule has 0 spiro atoms. The lowest BCUT2D eigenvalue weighted by Gasteiger charge is -2.27. The molecule has 1 aliphatic heterocycles. The monoisotopic (exact) mass is 1030 g/mol. The minimum atomic E-state index is -1.12. The van der Waals surface area contributed by atoms with Crippen LogP contribution in [0.4, 0.5) is 0 Å². The Morgan fingerprint density at radius 1 is 0.356 bits per heavy atom. The minimum Gasteiger partial charge on any atom is -0.465 e. The van der Waals surface area contributed by atoms with Crippen molar-refractivity contribution < 1.29 is 29.3 Å². The third kappa shape index (κ3) is 48.7. The lowest BCUT2D eigenvalue weighted by Crippen LogP contribution is -2.40. The third-order valence-corrected chi connectivity index (χ3v) is 16.5. The number of aliphatic hydroxyl groups excluding tert-OH is 2. The van der Waals surface area contributed by atoms with E-state index in [9.17, 15) is 19.8 Å². The summed E-state index contributed by atoms with van der Waals surface area (Å²) in [4.78, 5) is 24.7. The summed E-state index contributed by atoms with van der Waals surface area (Å²) in [5, 5.41) is 19.2. The fourth-order valence-corrected chi connectivity index (χ4v) is 11.1. The van der Waals surface area contributed by atoms with Crippen molar-refractivity contribution in [2.75, 3.05) is 26.4 Å². The number of hydrogen-bond donors (Lipinski definition) is 2. The highest BCUT2D eigenvalue weighted by molar-refractivity contribution is 5.80. The number of cyclic esters (lactones) is 2. The summed E-state index contributed by atoms with van der Waals surface area (Å²) in [6, 6.07) is 0. The van der Waals surface area contributed by atoms with E-state index in [1.165, 1.54) is 327 Å². The Hall–Kier alpha value is -1.40. The molecular formula is C67H128O6. The summed E-state index contributed by atoms with van der Waals surface area (Å²) in [7, 11) is 0. The molecule has 1 rings (SSSR count). The second kappa shape index (κ2) is 56.8. The van der Waals surface area contributed by atoms with Gasteiger partial charge in [-0.1, -0.05) is 340 Å². The molecule has 0 aromatic rings. The maximum atomic E-state index is 12.5. The number of rotatable bonds is 58. The van der Waals surface area contributed by atoms with Crippen LogP contribution < -0.4 is 0 Å². The highest BCUT2D eigenvalue weighted by Crippen LogP contribution is 2.25. The van der Waals surface area contributed by atoms with Crippen LogP contribution in [0, 0.1) is 11.3 Å². The average Bonchev–Trinajstić information content (AvgIpc) is 3.46. The van der Waals surface area contributed by atoms with Crippen molar-refractivity contribution in [3.8, 4) is 0 Å². The molecule has 0 aromatic heterocycles. The third-order valence-electron chi connectivity index (χ3n) is 16.5. The van der Waals surface area contributed by atoms with Crippen molar-refractivity contribution in [1.82, 2.24) is 0 Å². The van der Waals surface area contributed by atoms with Crippen LogP contribution in [0.5, 0.6) is 0 Å². The first kappa shape index (κ1) is 69.6. The molecule has 0 amide bonds. The number of esters is 2. The summed E-state index contributed by atoms with van der Waals surface area (Å²) in [6.07, 6.45) is 81.6. The number of aliphatic hydroxyl groups is 2. The predicted octanol–water partition coefficient (Wildman–Crippen LogP) is 21.1. The Morgan fingerprint density at radius 2 is 0.589 bits per heavy atom. The largest absolute Gasteiger partial charge is 0.465 e. The molecule has 0 saturated carbocycles. The number of carbonyl (C=O) groups excluding carboxylic acids is 2. The smallest absolute Gasteiger partial charge is 0.309 e. The van der Waals surface area contributed by atoms with E-state index in [1.807, 2.05) is 0 Å². The summed E-state index contributed by atoms with van der Waals surface area (Å²) in [5.74, 6) is -1.40. The van der Waals surface area contributed by atoms with Crippen molar-refractivity contribution in [2.45, 2.75) is 366 Å². The summed E-state index contributed by atoms with van der Waals surface area (Å²) >= 11 is 0. The summed E-state index contributed by atoms with van der Waals surface area (Å²) < 4.78 is 10.6. The van der Waals surface area contributed by atoms with Crippen molar-refractivity contribution >= 4 is 11.9 Å². The van der Waals surface area contributed by atoms with Gasteiger partial charge in [0.2, 0.25) is 0 Å².